The Morgan fingerprint density at radius 3 is 1.64 bits per heavy atom. The van der Waals surface area contributed by atoms with Crippen LogP contribution in [0, 0.1) is 0 Å². The van der Waals surface area contributed by atoms with E-state index in [1.54, 1.807) is 0 Å². The summed E-state index contributed by atoms with van der Waals surface area (Å²) in [5, 5.41) is 61.5. The van der Waals surface area contributed by atoms with Gasteiger partial charge in [-0.05, 0) is 6.42 Å². The fraction of sp³-hybridized carbons (Fsp3) is 0.833. The maximum Gasteiger partial charge on any atom is 0.300 e. The van der Waals surface area contributed by atoms with Crippen molar-refractivity contribution in [2.75, 3.05) is 6.54 Å². The van der Waals surface area contributed by atoms with Crippen molar-refractivity contribution in [2.45, 2.75) is 88.6 Å². The lowest BCUT2D eigenvalue weighted by atomic mass is 9.87. The first-order chi connectivity index (χ1) is 15.0. The van der Waals surface area contributed by atoms with Crippen LogP contribution in [0.4, 0.5) is 0 Å². The van der Waals surface area contributed by atoms with Crippen LogP contribution in [0.3, 0.4) is 0 Å². The molecule has 1 aliphatic heterocycles. The third-order valence-corrected chi connectivity index (χ3v) is 4.20. The summed E-state index contributed by atoms with van der Waals surface area (Å²) in [6.45, 7) is 3.22. The number of carboxylic acid groups (broad SMARTS) is 3. The molecule has 15 nitrogen and oxygen atoms in total. The van der Waals surface area contributed by atoms with E-state index in [0.29, 0.717) is 6.42 Å². The molecule has 0 aromatic carbocycles. The van der Waals surface area contributed by atoms with Gasteiger partial charge in [-0.25, -0.2) is 0 Å². The third kappa shape index (κ3) is 14.7. The van der Waals surface area contributed by atoms with Crippen LogP contribution in [-0.4, -0.2) is 115 Å². The van der Waals surface area contributed by atoms with Gasteiger partial charge in [0, 0.05) is 45.8 Å². The van der Waals surface area contributed by atoms with Gasteiger partial charge in [0.2, 0.25) is 0 Å². The minimum absolute atomic E-state index is 0.0327. The van der Waals surface area contributed by atoms with Gasteiger partial charge < -0.3 is 62.4 Å². The summed E-state index contributed by atoms with van der Waals surface area (Å²) >= 11 is 0. The van der Waals surface area contributed by atoms with Gasteiger partial charge in [0.05, 0.1) is 12.2 Å². The first kappa shape index (κ1) is 33.2. The molecule has 2 fully saturated rings. The van der Waals surface area contributed by atoms with Crippen LogP contribution >= 0.6 is 0 Å². The maximum atomic E-state index is 9.93. The second kappa shape index (κ2) is 16.6. The number of rotatable bonds is 3. The Balaban J connectivity index is 0. The second-order valence-corrected chi connectivity index (χ2v) is 7.35. The Hall–Kier alpha value is -1.95. The number of aliphatic hydroxyl groups is 4. The van der Waals surface area contributed by atoms with E-state index in [9.17, 15) is 20.4 Å². The molecule has 9 atom stereocenters. The highest BCUT2D eigenvalue weighted by Gasteiger charge is 2.46. The molecule has 196 valence electrons. The highest BCUT2D eigenvalue weighted by Crippen LogP contribution is 2.27. The van der Waals surface area contributed by atoms with Crippen LogP contribution in [0.2, 0.25) is 0 Å². The van der Waals surface area contributed by atoms with Crippen molar-refractivity contribution in [1.29, 1.82) is 0 Å². The van der Waals surface area contributed by atoms with E-state index in [0.717, 1.165) is 20.8 Å². The molecule has 0 amide bonds. The lowest BCUT2D eigenvalue weighted by Gasteiger charge is -2.43. The zero-order valence-electron chi connectivity index (χ0n) is 18.7. The second-order valence-electron chi connectivity index (χ2n) is 7.35. The molecule has 1 saturated carbocycles. The summed E-state index contributed by atoms with van der Waals surface area (Å²) in [5.41, 5.74) is 17.1. The molecule has 1 heterocycles. The number of carbonyl (C=O) groups is 3. The smallest absolute Gasteiger partial charge is 0.300 e. The fourth-order valence-corrected chi connectivity index (χ4v) is 2.76. The van der Waals surface area contributed by atoms with E-state index >= 15 is 0 Å². The lowest BCUT2D eigenvalue weighted by molar-refractivity contribution is -0.309. The van der Waals surface area contributed by atoms with Crippen molar-refractivity contribution in [1.82, 2.24) is 0 Å². The van der Waals surface area contributed by atoms with Gasteiger partial charge in [0.1, 0.15) is 24.4 Å². The Bertz CT molecular complexity index is 553. The molecular formula is C18H37N3O12. The molecule has 1 aliphatic carbocycles. The summed E-state index contributed by atoms with van der Waals surface area (Å²) < 4.78 is 11.0. The van der Waals surface area contributed by atoms with E-state index in [4.69, 9.17) is 56.4 Å². The standard InChI is InChI=1S/C12H25N3O6.3C2H4O2/c13-3-8-9(17)10(18)11(19)12(21-8)20-7-2-6(16)4(14)1-5(7)15;3*1-2(3)4/h4-12,16-19H,1-3,13-15H2;3*1H3,(H,3,4)/t4-,5-,6-,7-,8-,9-,10+,11-,12+;;;/m1.../s1. The van der Waals surface area contributed by atoms with Crippen molar-refractivity contribution in [3.05, 3.63) is 0 Å². The summed E-state index contributed by atoms with van der Waals surface area (Å²) in [6, 6.07) is -0.833. The summed E-state index contributed by atoms with van der Waals surface area (Å²) in [6.07, 6.45) is -6.90. The van der Waals surface area contributed by atoms with Crippen LogP contribution in [0.25, 0.3) is 0 Å². The first-order valence-electron chi connectivity index (χ1n) is 9.87. The predicted molar refractivity (Wildman–Crippen MR) is 112 cm³/mol. The van der Waals surface area contributed by atoms with Crippen LogP contribution in [0.1, 0.15) is 33.6 Å². The Kier molecular flexibility index (Phi) is 16.7. The highest BCUT2D eigenvalue weighted by atomic mass is 16.7. The molecule has 0 spiro atoms. The summed E-state index contributed by atoms with van der Waals surface area (Å²) in [4.78, 5) is 27.0. The molecule has 0 radical (unpaired) electrons. The van der Waals surface area contributed by atoms with Gasteiger partial charge in [-0.15, -0.1) is 0 Å². The Morgan fingerprint density at radius 2 is 1.24 bits per heavy atom. The lowest BCUT2D eigenvalue weighted by Crippen LogP contribution is -2.62. The molecule has 0 aromatic rings. The number of carboxylic acids is 3. The zero-order chi connectivity index (χ0) is 26.5. The average molecular weight is 488 g/mol. The average Bonchev–Trinajstić information content (AvgIpc) is 2.65. The van der Waals surface area contributed by atoms with Gasteiger partial charge in [-0.3, -0.25) is 14.4 Å². The third-order valence-electron chi connectivity index (χ3n) is 4.20. The topological polar surface area (TPSA) is 289 Å². The van der Waals surface area contributed by atoms with Crippen molar-refractivity contribution in [3.63, 3.8) is 0 Å². The van der Waals surface area contributed by atoms with Gasteiger partial charge >= 0.3 is 0 Å². The number of aliphatic hydroxyl groups excluding tert-OH is 4. The fourth-order valence-electron chi connectivity index (χ4n) is 2.76. The molecule has 2 rings (SSSR count). The van der Waals surface area contributed by atoms with Crippen LogP contribution in [0.15, 0.2) is 0 Å². The number of hydrogen-bond acceptors (Lipinski definition) is 12. The van der Waals surface area contributed by atoms with Gasteiger partial charge in [0.15, 0.2) is 6.29 Å². The van der Waals surface area contributed by atoms with Gasteiger partial charge in [-0.1, -0.05) is 0 Å². The molecule has 0 aromatic heterocycles. The minimum Gasteiger partial charge on any atom is -0.481 e. The molecule has 2 aliphatic rings. The Labute approximate surface area is 190 Å². The molecule has 15 heteroatoms. The van der Waals surface area contributed by atoms with Crippen LogP contribution in [-0.2, 0) is 23.9 Å². The number of nitrogens with two attached hydrogens (primary N) is 3. The van der Waals surface area contributed by atoms with Crippen LogP contribution in [0.5, 0.6) is 0 Å². The monoisotopic (exact) mass is 487 g/mol. The van der Waals surface area contributed by atoms with Crippen molar-refractivity contribution >= 4 is 17.9 Å². The summed E-state index contributed by atoms with van der Waals surface area (Å²) in [7, 11) is 0. The molecule has 13 N–H and O–H groups in total. The Morgan fingerprint density at radius 1 is 0.818 bits per heavy atom. The largest absolute Gasteiger partial charge is 0.481 e. The van der Waals surface area contributed by atoms with E-state index in [1.807, 2.05) is 0 Å². The highest BCUT2D eigenvalue weighted by molar-refractivity contribution is 5.63. The number of ether oxygens (including phenoxy) is 2. The van der Waals surface area contributed by atoms with Crippen LogP contribution < -0.4 is 17.2 Å². The molecule has 1 saturated heterocycles. The molecule has 0 unspecified atom stereocenters. The molecule has 33 heavy (non-hydrogen) atoms. The van der Waals surface area contributed by atoms with E-state index in [-0.39, 0.29) is 13.0 Å². The molecule has 0 bridgehead atoms. The van der Waals surface area contributed by atoms with Crippen molar-refractivity contribution < 1.29 is 59.6 Å². The van der Waals surface area contributed by atoms with E-state index < -0.39 is 72.9 Å². The summed E-state index contributed by atoms with van der Waals surface area (Å²) in [5.74, 6) is -2.50. The number of hydrogen-bond donors (Lipinski definition) is 10. The SMILES string of the molecule is CC(=O)O.CC(=O)O.CC(=O)O.NC[C@H]1O[C@H](O[C@@H]2C[C@@H](O)[C@H](N)C[C@H]2N)[C@H](O)[C@@H](O)[C@@H]1O. The first-order valence-corrected chi connectivity index (χ1v) is 9.87. The quantitative estimate of drug-likeness (QED) is 0.183. The maximum absolute atomic E-state index is 9.93. The van der Waals surface area contributed by atoms with Crippen molar-refractivity contribution in [2.24, 2.45) is 17.2 Å². The molecular weight excluding hydrogens is 450 g/mol. The predicted octanol–water partition coefficient (Wildman–Crippen LogP) is -3.78. The van der Waals surface area contributed by atoms with E-state index in [1.165, 1.54) is 0 Å². The zero-order valence-corrected chi connectivity index (χ0v) is 18.7. The number of aliphatic carboxylic acids is 3. The van der Waals surface area contributed by atoms with Gasteiger partial charge in [-0.2, -0.15) is 0 Å². The van der Waals surface area contributed by atoms with Crippen molar-refractivity contribution in [3.8, 4) is 0 Å². The minimum atomic E-state index is -1.43. The van der Waals surface area contributed by atoms with Gasteiger partial charge in [0.25, 0.3) is 17.9 Å². The normalized spacial score (nSPS) is 35.3. The van der Waals surface area contributed by atoms with E-state index in [2.05, 4.69) is 0 Å².